The fourth-order valence-electron chi connectivity index (χ4n) is 1.19. The second-order valence-electron chi connectivity index (χ2n) is 3.28. The number of alkyl halides is 1. The number of hydrogen-bond acceptors (Lipinski definition) is 1. The average Bonchev–Trinajstić information content (AvgIpc) is 2.27. The first kappa shape index (κ1) is 14.4. The van der Waals surface area contributed by atoms with E-state index in [9.17, 15) is 4.79 Å². The van der Waals surface area contributed by atoms with Crippen molar-refractivity contribution in [2.24, 2.45) is 0 Å². The molecule has 1 amide bonds. The smallest absolute Gasteiger partial charge is 0.252 e. The van der Waals surface area contributed by atoms with Crippen LogP contribution in [0.4, 0.5) is 0 Å². The molecule has 0 atom stereocenters. The first-order chi connectivity index (χ1) is 7.65. The Hall–Kier alpha value is 0.380. The van der Waals surface area contributed by atoms with Crippen LogP contribution in [-0.2, 0) is 0 Å². The molecule has 0 aliphatic heterocycles. The number of amides is 1. The molecule has 0 radical (unpaired) electrons. The maximum absolute atomic E-state index is 11.8. The average molecular weight is 461 g/mol. The maximum Gasteiger partial charge on any atom is 0.252 e. The summed E-state index contributed by atoms with van der Waals surface area (Å²) >= 11 is 8.90. The van der Waals surface area contributed by atoms with Crippen molar-refractivity contribution < 1.29 is 4.79 Å². The summed E-state index contributed by atoms with van der Waals surface area (Å²) in [5, 5.41) is 3.90. The van der Waals surface area contributed by atoms with E-state index < -0.39 is 0 Å². The molecule has 0 saturated heterocycles. The number of halogens is 3. The van der Waals surface area contributed by atoms with E-state index in [2.05, 4.69) is 59.8 Å². The summed E-state index contributed by atoms with van der Waals surface area (Å²) in [4.78, 5) is 11.8. The minimum absolute atomic E-state index is 0.000252. The first-order valence-electron chi connectivity index (χ1n) is 4.94. The fraction of sp³-hybridized carbons (Fsp3) is 0.364. The number of carbonyl (C=O) groups excluding carboxylic acids is 1. The summed E-state index contributed by atoms with van der Waals surface area (Å²) in [5.41, 5.74) is 0.730. The van der Waals surface area contributed by atoms with Gasteiger partial charge in [0.15, 0.2) is 0 Å². The van der Waals surface area contributed by atoms with E-state index in [0.29, 0.717) is 0 Å². The van der Waals surface area contributed by atoms with Gasteiger partial charge in [-0.3, -0.25) is 4.79 Å². The number of benzene rings is 1. The van der Waals surface area contributed by atoms with Gasteiger partial charge in [0, 0.05) is 19.9 Å². The van der Waals surface area contributed by atoms with Crippen molar-refractivity contribution in [1.82, 2.24) is 5.32 Å². The van der Waals surface area contributed by atoms with E-state index in [1.165, 1.54) is 0 Å². The van der Waals surface area contributed by atoms with Crippen LogP contribution in [-0.4, -0.2) is 17.8 Å². The molecule has 0 aliphatic carbocycles. The lowest BCUT2D eigenvalue weighted by Crippen LogP contribution is -2.25. The second kappa shape index (κ2) is 7.66. The Morgan fingerprint density at radius 1 is 1.38 bits per heavy atom. The predicted molar refractivity (Wildman–Crippen MR) is 82.2 cm³/mol. The van der Waals surface area contributed by atoms with Gasteiger partial charge in [0.25, 0.3) is 5.91 Å². The standard InChI is InChI=1S/C11H12Br2INO/c12-5-1-2-6-15-11(16)9-7-8(13)3-4-10(9)14/h3-4,7H,1-2,5-6H2,(H,15,16). The Kier molecular flexibility index (Phi) is 6.91. The van der Waals surface area contributed by atoms with Crippen molar-refractivity contribution in [2.75, 3.05) is 11.9 Å². The first-order valence-corrected chi connectivity index (χ1v) is 7.93. The molecule has 88 valence electrons. The van der Waals surface area contributed by atoms with Gasteiger partial charge in [0.1, 0.15) is 0 Å². The number of rotatable bonds is 5. The van der Waals surface area contributed by atoms with Crippen LogP contribution < -0.4 is 5.32 Å². The Balaban J connectivity index is 2.55. The van der Waals surface area contributed by atoms with Crippen molar-refractivity contribution in [3.05, 3.63) is 31.8 Å². The SMILES string of the molecule is O=C(NCCCCBr)c1cc(Br)ccc1I. The highest BCUT2D eigenvalue weighted by Gasteiger charge is 2.09. The van der Waals surface area contributed by atoms with Crippen LogP contribution in [0.15, 0.2) is 22.7 Å². The lowest BCUT2D eigenvalue weighted by molar-refractivity contribution is 0.0952. The van der Waals surface area contributed by atoms with Gasteiger partial charge in [-0.25, -0.2) is 0 Å². The quantitative estimate of drug-likeness (QED) is 0.402. The molecule has 1 N–H and O–H groups in total. The van der Waals surface area contributed by atoms with Crippen molar-refractivity contribution in [3.63, 3.8) is 0 Å². The monoisotopic (exact) mass is 459 g/mol. The summed E-state index contributed by atoms with van der Waals surface area (Å²) in [6.45, 7) is 0.729. The van der Waals surface area contributed by atoms with Crippen molar-refractivity contribution in [2.45, 2.75) is 12.8 Å². The van der Waals surface area contributed by atoms with Gasteiger partial charge in [-0.1, -0.05) is 31.9 Å². The Bertz CT molecular complexity index is 371. The van der Waals surface area contributed by atoms with E-state index in [0.717, 1.165) is 38.3 Å². The van der Waals surface area contributed by atoms with Crippen LogP contribution in [0.3, 0.4) is 0 Å². The van der Waals surface area contributed by atoms with Gasteiger partial charge < -0.3 is 5.32 Å². The van der Waals surface area contributed by atoms with E-state index in [1.807, 2.05) is 18.2 Å². The molecular formula is C11H12Br2INO. The number of hydrogen-bond donors (Lipinski definition) is 1. The highest BCUT2D eigenvalue weighted by Crippen LogP contribution is 2.18. The number of nitrogens with one attached hydrogen (secondary N) is 1. The van der Waals surface area contributed by atoms with E-state index in [-0.39, 0.29) is 5.91 Å². The molecule has 1 aromatic rings. The molecule has 5 heteroatoms. The summed E-state index contributed by atoms with van der Waals surface area (Å²) < 4.78 is 1.90. The molecule has 0 aromatic heterocycles. The van der Waals surface area contributed by atoms with Gasteiger partial charge >= 0.3 is 0 Å². The van der Waals surface area contributed by atoms with Crippen molar-refractivity contribution in [3.8, 4) is 0 Å². The predicted octanol–water partition coefficient (Wildman–Crippen LogP) is 3.96. The molecule has 16 heavy (non-hydrogen) atoms. The molecule has 1 aromatic carbocycles. The summed E-state index contributed by atoms with van der Waals surface area (Å²) in [6, 6.07) is 5.71. The molecule has 0 unspecified atom stereocenters. The maximum atomic E-state index is 11.8. The molecular weight excluding hydrogens is 449 g/mol. The minimum atomic E-state index is 0.000252. The van der Waals surface area contributed by atoms with Crippen LogP contribution in [0.2, 0.25) is 0 Å². The molecule has 2 nitrogen and oxygen atoms in total. The van der Waals surface area contributed by atoms with E-state index in [4.69, 9.17) is 0 Å². The Morgan fingerprint density at radius 2 is 2.12 bits per heavy atom. The number of carbonyl (C=O) groups is 1. The normalized spacial score (nSPS) is 10.2. The van der Waals surface area contributed by atoms with Crippen LogP contribution in [0, 0.1) is 3.57 Å². The second-order valence-corrected chi connectivity index (χ2v) is 6.15. The highest BCUT2D eigenvalue weighted by molar-refractivity contribution is 14.1. The molecule has 0 fully saturated rings. The lowest BCUT2D eigenvalue weighted by atomic mass is 10.2. The zero-order valence-electron chi connectivity index (χ0n) is 8.60. The topological polar surface area (TPSA) is 29.1 Å². The van der Waals surface area contributed by atoms with Crippen LogP contribution in [0.1, 0.15) is 23.2 Å². The largest absolute Gasteiger partial charge is 0.352 e. The van der Waals surface area contributed by atoms with Gasteiger partial charge in [-0.05, 0) is 53.6 Å². The summed E-state index contributed by atoms with van der Waals surface area (Å²) in [5.74, 6) is 0.000252. The van der Waals surface area contributed by atoms with Gasteiger partial charge in [-0.15, -0.1) is 0 Å². The van der Waals surface area contributed by atoms with Crippen LogP contribution in [0.25, 0.3) is 0 Å². The molecule has 0 aliphatic rings. The molecule has 0 bridgehead atoms. The van der Waals surface area contributed by atoms with Gasteiger partial charge in [-0.2, -0.15) is 0 Å². The molecule has 0 spiro atoms. The third-order valence-electron chi connectivity index (χ3n) is 2.02. The van der Waals surface area contributed by atoms with E-state index in [1.54, 1.807) is 0 Å². The Morgan fingerprint density at radius 3 is 2.81 bits per heavy atom. The van der Waals surface area contributed by atoms with Crippen LogP contribution in [0.5, 0.6) is 0 Å². The third-order valence-corrected chi connectivity index (χ3v) is 4.01. The van der Waals surface area contributed by atoms with Crippen molar-refractivity contribution >= 4 is 60.4 Å². The summed E-state index contributed by atoms with van der Waals surface area (Å²) in [6.07, 6.45) is 2.08. The van der Waals surface area contributed by atoms with E-state index >= 15 is 0 Å². The highest BCUT2D eigenvalue weighted by atomic mass is 127. The zero-order chi connectivity index (χ0) is 12.0. The molecule has 0 saturated carbocycles. The van der Waals surface area contributed by atoms with Gasteiger partial charge in [0.2, 0.25) is 0 Å². The minimum Gasteiger partial charge on any atom is -0.352 e. The zero-order valence-corrected chi connectivity index (χ0v) is 13.9. The lowest BCUT2D eigenvalue weighted by Gasteiger charge is -2.06. The Labute approximate surface area is 126 Å². The fourth-order valence-corrected chi connectivity index (χ4v) is 2.53. The number of unbranched alkanes of at least 4 members (excludes halogenated alkanes) is 1. The van der Waals surface area contributed by atoms with Crippen molar-refractivity contribution in [1.29, 1.82) is 0 Å². The third kappa shape index (κ3) is 4.71. The summed E-state index contributed by atoms with van der Waals surface area (Å²) in [7, 11) is 0. The van der Waals surface area contributed by atoms with Crippen LogP contribution >= 0.6 is 54.5 Å². The molecule has 0 heterocycles. The van der Waals surface area contributed by atoms with Gasteiger partial charge in [0.05, 0.1) is 5.56 Å². The molecule has 1 rings (SSSR count).